The topological polar surface area (TPSA) is 35.5 Å². The van der Waals surface area contributed by atoms with Gasteiger partial charge in [-0.15, -0.1) is 0 Å². The van der Waals surface area contributed by atoms with Crippen LogP contribution in [0, 0.1) is 5.92 Å². The zero-order chi connectivity index (χ0) is 17.5. The molecule has 1 fully saturated rings. The fraction of sp³-hybridized carbons (Fsp3) is 0.750. The maximum absolute atomic E-state index is 10.8. The summed E-state index contributed by atoms with van der Waals surface area (Å²) in [5.41, 5.74) is 1.36. The van der Waals surface area contributed by atoms with Crippen LogP contribution in [-0.4, -0.2) is 25.3 Å². The van der Waals surface area contributed by atoms with E-state index in [1.165, 1.54) is 18.4 Å². The Labute approximate surface area is 143 Å². The predicted octanol–water partition coefficient (Wildman–Crippen LogP) is 5.45. The van der Waals surface area contributed by atoms with E-state index in [-0.39, 0.29) is 5.97 Å². The lowest BCUT2D eigenvalue weighted by Crippen LogP contribution is -2.22. The molecule has 0 radical (unpaired) electrons. The van der Waals surface area contributed by atoms with Gasteiger partial charge in [0.1, 0.15) is 0 Å². The van der Waals surface area contributed by atoms with Crippen molar-refractivity contribution in [1.82, 2.24) is 0 Å². The second-order valence-electron chi connectivity index (χ2n) is 6.42. The molecule has 0 aromatic rings. The zero-order valence-corrected chi connectivity index (χ0v) is 15.8. The first-order chi connectivity index (χ1) is 11.0. The number of carbonyl (C=O) groups excluding carboxylic acids is 1. The third kappa shape index (κ3) is 14.2. The van der Waals surface area contributed by atoms with Gasteiger partial charge in [0.05, 0.1) is 12.7 Å². The molecule has 0 aromatic heterocycles. The van der Waals surface area contributed by atoms with Gasteiger partial charge < -0.3 is 9.47 Å². The summed E-state index contributed by atoms with van der Waals surface area (Å²) < 4.78 is 10.5. The molecule has 2 atom stereocenters. The van der Waals surface area contributed by atoms with Crippen LogP contribution in [0.15, 0.2) is 23.8 Å². The molecule has 1 rings (SSSR count). The Bertz CT molecular complexity index is 354. The third-order valence-corrected chi connectivity index (χ3v) is 3.50. The summed E-state index contributed by atoms with van der Waals surface area (Å²) in [6.45, 7) is 12.1. The number of allylic oxidation sites excluding steroid dienone is 2. The van der Waals surface area contributed by atoms with Crippen LogP contribution in [0.25, 0.3) is 0 Å². The maximum atomic E-state index is 10.8. The summed E-state index contributed by atoms with van der Waals surface area (Å²) in [5.74, 6) is 0.756. The largest absolute Gasteiger partial charge is 0.465 e. The monoisotopic (exact) mass is 324 g/mol. The minimum absolute atomic E-state index is 0.0811. The first kappa shape index (κ1) is 21.9. The molecule has 3 heteroatoms. The summed E-state index contributed by atoms with van der Waals surface area (Å²) in [6.07, 6.45) is 12.5. The average Bonchev–Trinajstić information content (AvgIpc) is 2.47. The molecule has 134 valence electrons. The molecule has 0 saturated carbocycles. The lowest BCUT2D eigenvalue weighted by atomic mass is 9.97. The lowest BCUT2D eigenvalue weighted by molar-refractivity contribution is -0.143. The van der Waals surface area contributed by atoms with Crippen LogP contribution in [0.4, 0.5) is 0 Å². The molecular weight excluding hydrogens is 288 g/mol. The van der Waals surface area contributed by atoms with Gasteiger partial charge in [-0.2, -0.15) is 0 Å². The fourth-order valence-electron chi connectivity index (χ4n) is 2.29. The standard InChI is InChI=1S/C10H18O2.C10H18O/c1-3-5-6-7-9-12-10(11)8-4-2;1-8(2)6-10-7-9(3)4-5-11-10/h5-6H,3-4,7-9H2,1-2H3;6,9-10H,4-5,7H2,1-3H3/b6-5-;. The van der Waals surface area contributed by atoms with E-state index in [0.29, 0.717) is 19.1 Å². The second-order valence-corrected chi connectivity index (χ2v) is 6.42. The van der Waals surface area contributed by atoms with Gasteiger partial charge in [-0.1, -0.05) is 44.6 Å². The fourth-order valence-corrected chi connectivity index (χ4v) is 2.29. The van der Waals surface area contributed by atoms with E-state index in [2.05, 4.69) is 39.8 Å². The van der Waals surface area contributed by atoms with Crippen molar-refractivity contribution in [3.05, 3.63) is 23.8 Å². The van der Waals surface area contributed by atoms with Gasteiger partial charge in [-0.05, 0) is 51.9 Å². The Hall–Kier alpha value is -1.09. The van der Waals surface area contributed by atoms with Crippen LogP contribution >= 0.6 is 0 Å². The van der Waals surface area contributed by atoms with E-state index in [0.717, 1.165) is 31.8 Å². The van der Waals surface area contributed by atoms with E-state index in [9.17, 15) is 4.79 Å². The molecule has 0 spiro atoms. The highest BCUT2D eigenvalue weighted by molar-refractivity contribution is 5.69. The van der Waals surface area contributed by atoms with Gasteiger partial charge >= 0.3 is 5.97 Å². The van der Waals surface area contributed by atoms with Crippen molar-refractivity contribution in [1.29, 1.82) is 0 Å². The Morgan fingerprint density at radius 2 is 2.00 bits per heavy atom. The van der Waals surface area contributed by atoms with E-state index in [1.54, 1.807) is 0 Å². The van der Waals surface area contributed by atoms with Crippen molar-refractivity contribution in [3.8, 4) is 0 Å². The molecule has 3 nitrogen and oxygen atoms in total. The average molecular weight is 325 g/mol. The van der Waals surface area contributed by atoms with Crippen molar-refractivity contribution in [2.45, 2.75) is 79.2 Å². The molecule has 1 saturated heterocycles. The number of esters is 1. The van der Waals surface area contributed by atoms with Gasteiger partial charge in [0.25, 0.3) is 0 Å². The molecular formula is C20H36O3. The van der Waals surface area contributed by atoms with Crippen LogP contribution in [0.1, 0.15) is 73.1 Å². The van der Waals surface area contributed by atoms with E-state index < -0.39 is 0 Å². The first-order valence-electron chi connectivity index (χ1n) is 9.06. The van der Waals surface area contributed by atoms with Gasteiger partial charge in [-0.25, -0.2) is 0 Å². The van der Waals surface area contributed by atoms with Gasteiger partial charge in [0.2, 0.25) is 0 Å². The van der Waals surface area contributed by atoms with Crippen LogP contribution in [0.5, 0.6) is 0 Å². The van der Waals surface area contributed by atoms with Crippen LogP contribution < -0.4 is 0 Å². The molecule has 0 amide bonds. The summed E-state index contributed by atoms with van der Waals surface area (Å²) in [6, 6.07) is 0. The lowest BCUT2D eigenvalue weighted by Gasteiger charge is -2.25. The van der Waals surface area contributed by atoms with Gasteiger partial charge in [0, 0.05) is 13.0 Å². The number of hydrogen-bond acceptors (Lipinski definition) is 3. The van der Waals surface area contributed by atoms with Crippen molar-refractivity contribution in [2.75, 3.05) is 13.2 Å². The van der Waals surface area contributed by atoms with Crippen LogP contribution in [-0.2, 0) is 14.3 Å². The highest BCUT2D eigenvalue weighted by Crippen LogP contribution is 2.20. The molecule has 1 aliphatic heterocycles. The SMILES string of the molecule is CC(C)=CC1CC(C)CCO1.CC/C=C\CCOC(=O)CCC. The van der Waals surface area contributed by atoms with Crippen molar-refractivity contribution < 1.29 is 14.3 Å². The molecule has 1 heterocycles. The molecule has 23 heavy (non-hydrogen) atoms. The Kier molecular flexibility index (Phi) is 13.8. The van der Waals surface area contributed by atoms with Crippen molar-refractivity contribution in [3.63, 3.8) is 0 Å². The van der Waals surface area contributed by atoms with Crippen molar-refractivity contribution >= 4 is 5.97 Å². The van der Waals surface area contributed by atoms with Gasteiger partial charge in [0.15, 0.2) is 0 Å². The van der Waals surface area contributed by atoms with Crippen LogP contribution in [0.3, 0.4) is 0 Å². The summed E-state index contributed by atoms with van der Waals surface area (Å²) >= 11 is 0. The molecule has 0 bridgehead atoms. The zero-order valence-electron chi connectivity index (χ0n) is 15.8. The molecule has 0 aromatic carbocycles. The third-order valence-electron chi connectivity index (χ3n) is 3.50. The summed E-state index contributed by atoms with van der Waals surface area (Å²) in [7, 11) is 0. The number of hydrogen-bond donors (Lipinski definition) is 0. The summed E-state index contributed by atoms with van der Waals surface area (Å²) in [4.78, 5) is 10.8. The molecule has 0 N–H and O–H groups in total. The molecule has 0 aliphatic carbocycles. The Morgan fingerprint density at radius 3 is 2.57 bits per heavy atom. The Balaban J connectivity index is 0.000000422. The van der Waals surface area contributed by atoms with E-state index in [1.807, 2.05) is 13.0 Å². The number of ether oxygens (including phenoxy) is 2. The minimum atomic E-state index is -0.0811. The van der Waals surface area contributed by atoms with Gasteiger partial charge in [-0.3, -0.25) is 4.79 Å². The number of rotatable bonds is 7. The minimum Gasteiger partial charge on any atom is -0.465 e. The highest BCUT2D eigenvalue weighted by atomic mass is 16.5. The first-order valence-corrected chi connectivity index (χ1v) is 9.06. The van der Waals surface area contributed by atoms with Crippen molar-refractivity contribution in [2.24, 2.45) is 5.92 Å². The van der Waals surface area contributed by atoms with E-state index in [4.69, 9.17) is 9.47 Å². The number of carbonyl (C=O) groups is 1. The molecule has 2 unspecified atom stereocenters. The Morgan fingerprint density at radius 1 is 1.26 bits per heavy atom. The predicted molar refractivity (Wildman–Crippen MR) is 97.5 cm³/mol. The highest BCUT2D eigenvalue weighted by Gasteiger charge is 2.16. The second kappa shape index (κ2) is 14.5. The van der Waals surface area contributed by atoms with E-state index >= 15 is 0 Å². The normalized spacial score (nSPS) is 20.6. The quantitative estimate of drug-likeness (QED) is 0.355. The summed E-state index contributed by atoms with van der Waals surface area (Å²) in [5, 5.41) is 0. The molecule has 1 aliphatic rings. The smallest absolute Gasteiger partial charge is 0.305 e. The van der Waals surface area contributed by atoms with Crippen LogP contribution in [0.2, 0.25) is 0 Å². The maximum Gasteiger partial charge on any atom is 0.305 e.